The van der Waals surface area contributed by atoms with Crippen molar-refractivity contribution in [2.75, 3.05) is 13.2 Å². The molecule has 6 heteroatoms. The summed E-state index contributed by atoms with van der Waals surface area (Å²) in [7, 11) is 0. The first-order valence-corrected chi connectivity index (χ1v) is 28.6. The van der Waals surface area contributed by atoms with Crippen LogP contribution < -0.4 is 0 Å². The molecule has 0 aromatic rings. The number of ether oxygens (including phenoxy) is 3. The Labute approximate surface area is 420 Å². The maximum Gasteiger partial charge on any atom is 0.306 e. The van der Waals surface area contributed by atoms with E-state index >= 15 is 0 Å². The van der Waals surface area contributed by atoms with Gasteiger partial charge in [0.1, 0.15) is 13.2 Å². The molecule has 0 aromatic heterocycles. The van der Waals surface area contributed by atoms with Gasteiger partial charge in [-0.3, -0.25) is 14.4 Å². The summed E-state index contributed by atoms with van der Waals surface area (Å²) in [5.41, 5.74) is 0. The second-order valence-corrected chi connectivity index (χ2v) is 18.8. The Hall–Kier alpha value is -3.41. The van der Waals surface area contributed by atoms with Crippen molar-refractivity contribution in [3.05, 3.63) is 85.1 Å². The third-order valence-corrected chi connectivity index (χ3v) is 12.1. The normalized spacial score (nSPS) is 12.7. The van der Waals surface area contributed by atoms with Crippen molar-refractivity contribution >= 4 is 17.9 Å². The highest BCUT2D eigenvalue weighted by molar-refractivity contribution is 5.71. The Bertz CT molecular complexity index is 1320. The van der Waals surface area contributed by atoms with Crippen LogP contribution in [-0.4, -0.2) is 37.2 Å². The van der Waals surface area contributed by atoms with Crippen molar-refractivity contribution in [1.29, 1.82) is 0 Å². The number of carbonyl (C=O) groups excluding carboxylic acids is 3. The molecule has 0 aliphatic heterocycles. The summed E-state index contributed by atoms with van der Waals surface area (Å²) < 4.78 is 16.9. The van der Waals surface area contributed by atoms with Gasteiger partial charge in [0.05, 0.1) is 0 Å². The van der Waals surface area contributed by atoms with E-state index in [0.29, 0.717) is 19.3 Å². The van der Waals surface area contributed by atoms with Crippen LogP contribution in [0.4, 0.5) is 0 Å². The van der Waals surface area contributed by atoms with E-state index in [2.05, 4.69) is 106 Å². The molecular weight excluding hydrogens is 841 g/mol. The van der Waals surface area contributed by atoms with Crippen LogP contribution in [0.2, 0.25) is 0 Å². The van der Waals surface area contributed by atoms with Crippen LogP contribution in [0.25, 0.3) is 0 Å². The van der Waals surface area contributed by atoms with Gasteiger partial charge in [-0.05, 0) is 89.9 Å². The lowest BCUT2D eigenvalue weighted by molar-refractivity contribution is -0.167. The average molecular weight is 948 g/mol. The standard InChI is InChI=1S/C62H106O6/c1-4-7-10-13-16-19-22-25-28-30-31-32-35-37-40-43-46-49-52-55-61(64)67-58-59(57-66-60(63)54-51-48-45-42-39-36-33-27-24-21-18-15-12-9-6-3)68-62(65)56-53-50-47-44-41-38-34-29-26-23-20-17-14-11-8-5-2/h7,9-10,12,16,18-19,21,25,27-28,31-33,59H,4-6,8,11,13-15,17,20,22-24,26,29-30,34-58H2,1-3H3/b10-7-,12-9-,19-16-,21-18-,28-25-,32-31-,33-27-. The van der Waals surface area contributed by atoms with Crippen molar-refractivity contribution in [3.63, 3.8) is 0 Å². The van der Waals surface area contributed by atoms with Gasteiger partial charge in [0.15, 0.2) is 6.10 Å². The molecule has 68 heavy (non-hydrogen) atoms. The summed E-state index contributed by atoms with van der Waals surface area (Å²) in [5, 5.41) is 0. The van der Waals surface area contributed by atoms with E-state index in [0.717, 1.165) is 128 Å². The summed E-state index contributed by atoms with van der Waals surface area (Å²) in [5.74, 6) is -0.910. The topological polar surface area (TPSA) is 78.9 Å². The maximum absolute atomic E-state index is 12.9. The van der Waals surface area contributed by atoms with Gasteiger partial charge in [0, 0.05) is 19.3 Å². The Morgan fingerprint density at radius 3 is 0.897 bits per heavy atom. The zero-order chi connectivity index (χ0) is 49.3. The number of esters is 3. The SMILES string of the molecule is CC/C=C\C/C=C\C/C=C\C/C=C\CCCCCCCCC(=O)OCC(COC(=O)CCCCCCC/C=C\C/C=C\C/C=C\CC)OC(=O)CCCCCCCCCCCCCCCCCC. The van der Waals surface area contributed by atoms with Gasteiger partial charge in [-0.15, -0.1) is 0 Å². The zero-order valence-corrected chi connectivity index (χ0v) is 44.6. The van der Waals surface area contributed by atoms with Crippen LogP contribution in [0.3, 0.4) is 0 Å². The summed E-state index contributed by atoms with van der Waals surface area (Å²) in [4.78, 5) is 38.2. The molecule has 0 rings (SSSR count). The van der Waals surface area contributed by atoms with Crippen LogP contribution in [-0.2, 0) is 28.6 Å². The fourth-order valence-corrected chi connectivity index (χ4v) is 7.92. The molecule has 0 saturated heterocycles. The first-order chi connectivity index (χ1) is 33.5. The molecule has 0 aliphatic carbocycles. The van der Waals surface area contributed by atoms with Crippen molar-refractivity contribution < 1.29 is 28.6 Å². The molecule has 0 aliphatic rings. The molecule has 0 radical (unpaired) electrons. The van der Waals surface area contributed by atoms with E-state index in [-0.39, 0.29) is 31.1 Å². The molecule has 0 amide bonds. The lowest BCUT2D eigenvalue weighted by Gasteiger charge is -2.18. The van der Waals surface area contributed by atoms with E-state index in [1.807, 2.05) is 0 Å². The van der Waals surface area contributed by atoms with E-state index in [4.69, 9.17) is 14.2 Å². The lowest BCUT2D eigenvalue weighted by atomic mass is 10.0. The molecule has 390 valence electrons. The number of unbranched alkanes of at least 4 members (excludes halogenated alkanes) is 26. The fourth-order valence-electron chi connectivity index (χ4n) is 7.92. The molecule has 1 unspecified atom stereocenters. The average Bonchev–Trinajstić information content (AvgIpc) is 3.34. The monoisotopic (exact) mass is 947 g/mol. The van der Waals surface area contributed by atoms with E-state index in [1.165, 1.54) is 103 Å². The minimum atomic E-state index is -0.789. The van der Waals surface area contributed by atoms with Gasteiger partial charge in [-0.2, -0.15) is 0 Å². The molecule has 0 saturated carbocycles. The molecule has 1 atom stereocenters. The van der Waals surface area contributed by atoms with Gasteiger partial charge in [0.2, 0.25) is 0 Å². The first-order valence-electron chi connectivity index (χ1n) is 28.6. The molecule has 0 aromatic carbocycles. The molecule has 0 heterocycles. The summed E-state index contributed by atoms with van der Waals surface area (Å²) in [6.07, 6.45) is 72.8. The predicted octanol–water partition coefficient (Wildman–Crippen LogP) is 19.2. The molecule has 0 N–H and O–H groups in total. The highest BCUT2D eigenvalue weighted by Crippen LogP contribution is 2.16. The second-order valence-electron chi connectivity index (χ2n) is 18.8. The maximum atomic E-state index is 12.9. The molecule has 0 bridgehead atoms. The van der Waals surface area contributed by atoms with Crippen LogP contribution in [0.5, 0.6) is 0 Å². The summed E-state index contributed by atoms with van der Waals surface area (Å²) in [6.45, 7) is 6.41. The Morgan fingerprint density at radius 1 is 0.309 bits per heavy atom. The molecule has 0 spiro atoms. The van der Waals surface area contributed by atoms with E-state index in [9.17, 15) is 14.4 Å². The summed E-state index contributed by atoms with van der Waals surface area (Å²) in [6, 6.07) is 0. The largest absolute Gasteiger partial charge is 0.462 e. The molecular formula is C62H106O6. The van der Waals surface area contributed by atoms with E-state index < -0.39 is 6.10 Å². The Balaban J connectivity index is 4.42. The Kier molecular flexibility index (Phi) is 53.4. The number of allylic oxidation sites excluding steroid dienone is 14. The van der Waals surface area contributed by atoms with Gasteiger partial charge >= 0.3 is 17.9 Å². The predicted molar refractivity (Wildman–Crippen MR) is 293 cm³/mol. The van der Waals surface area contributed by atoms with Crippen molar-refractivity contribution in [1.82, 2.24) is 0 Å². The fraction of sp³-hybridized carbons (Fsp3) is 0.726. The highest BCUT2D eigenvalue weighted by atomic mass is 16.6. The van der Waals surface area contributed by atoms with Crippen LogP contribution >= 0.6 is 0 Å². The van der Waals surface area contributed by atoms with Crippen molar-refractivity contribution in [2.24, 2.45) is 0 Å². The van der Waals surface area contributed by atoms with Gasteiger partial charge < -0.3 is 14.2 Å². The molecule has 6 nitrogen and oxygen atoms in total. The van der Waals surface area contributed by atoms with Gasteiger partial charge in [-0.25, -0.2) is 0 Å². The zero-order valence-electron chi connectivity index (χ0n) is 44.6. The van der Waals surface area contributed by atoms with Crippen LogP contribution in [0.15, 0.2) is 85.1 Å². The van der Waals surface area contributed by atoms with Crippen molar-refractivity contribution in [3.8, 4) is 0 Å². The minimum Gasteiger partial charge on any atom is -0.462 e. The third-order valence-electron chi connectivity index (χ3n) is 12.1. The number of rotatable bonds is 51. The van der Waals surface area contributed by atoms with Crippen LogP contribution in [0, 0.1) is 0 Å². The minimum absolute atomic E-state index is 0.0881. The van der Waals surface area contributed by atoms with Crippen LogP contribution in [0.1, 0.15) is 271 Å². The van der Waals surface area contributed by atoms with Crippen molar-refractivity contribution in [2.45, 2.75) is 277 Å². The first kappa shape index (κ1) is 64.6. The highest BCUT2D eigenvalue weighted by Gasteiger charge is 2.19. The lowest BCUT2D eigenvalue weighted by Crippen LogP contribution is -2.30. The second kappa shape index (κ2) is 56.2. The number of carbonyl (C=O) groups is 3. The van der Waals surface area contributed by atoms with Gasteiger partial charge in [-0.1, -0.05) is 247 Å². The quantitative estimate of drug-likeness (QED) is 0.0262. The summed E-state index contributed by atoms with van der Waals surface area (Å²) >= 11 is 0. The van der Waals surface area contributed by atoms with Gasteiger partial charge in [0.25, 0.3) is 0 Å². The Morgan fingerprint density at radius 2 is 0.574 bits per heavy atom. The smallest absolute Gasteiger partial charge is 0.306 e. The third kappa shape index (κ3) is 53.5. The van der Waals surface area contributed by atoms with E-state index in [1.54, 1.807) is 0 Å². The molecule has 0 fully saturated rings. The number of hydrogen-bond donors (Lipinski definition) is 0. The number of hydrogen-bond acceptors (Lipinski definition) is 6.